The Balaban J connectivity index is 1.61. The topological polar surface area (TPSA) is 149 Å². The summed E-state index contributed by atoms with van der Waals surface area (Å²) in [5.41, 5.74) is -2.63. The molecule has 2 heterocycles. The van der Waals surface area contributed by atoms with Crippen LogP contribution in [0.15, 0.2) is 11.6 Å². The zero-order valence-electron chi connectivity index (χ0n) is 26.1. The third-order valence-electron chi connectivity index (χ3n) is 11.8. The maximum Gasteiger partial charge on any atom is 0.348 e. The fraction of sp³-hybridized carbons (Fsp3) is 0.844. The van der Waals surface area contributed by atoms with Crippen molar-refractivity contribution in [2.75, 3.05) is 13.2 Å². The van der Waals surface area contributed by atoms with E-state index in [2.05, 4.69) is 0 Å². The first kappa shape index (κ1) is 31.6. The molecule has 5 aliphatic rings. The van der Waals surface area contributed by atoms with Gasteiger partial charge in [0.15, 0.2) is 11.6 Å². The molecule has 1 spiro atoms. The zero-order chi connectivity index (χ0) is 31.2. The average Bonchev–Trinajstić information content (AvgIpc) is 3.19. The van der Waals surface area contributed by atoms with Crippen molar-refractivity contribution in [1.82, 2.24) is 0 Å². The number of ketones is 1. The van der Waals surface area contributed by atoms with Gasteiger partial charge < -0.3 is 34.3 Å². The van der Waals surface area contributed by atoms with Crippen molar-refractivity contribution in [1.29, 1.82) is 0 Å². The van der Waals surface area contributed by atoms with E-state index in [-0.39, 0.29) is 36.6 Å². The van der Waals surface area contributed by atoms with Gasteiger partial charge in [-0.1, -0.05) is 54.0 Å². The molecule has 2 aliphatic heterocycles. The predicted octanol–water partition coefficient (Wildman–Crippen LogP) is 2.56. The number of hydrogen-bond acceptors (Lipinski definition) is 10. The molecule has 10 nitrogen and oxygen atoms in total. The van der Waals surface area contributed by atoms with E-state index in [9.17, 15) is 29.7 Å². The summed E-state index contributed by atoms with van der Waals surface area (Å²) in [5, 5.41) is 35.2. The third kappa shape index (κ3) is 4.04. The van der Waals surface area contributed by atoms with Crippen molar-refractivity contribution in [2.45, 2.75) is 110 Å². The SMILES string of the molecule is CCCO[C@@H]1C(=O)C=C(C)[C@@H]2C[C@H]3OC(=O)C(OC(=O)CC(O)(C(C)C)C(C)C)C4C(C)[C@@H](O)[C@]5(O)OC[C@@]43C5C12C. The second kappa shape index (κ2) is 10.4. The summed E-state index contributed by atoms with van der Waals surface area (Å²) in [6, 6.07) is 0. The molecule has 2 bridgehead atoms. The molecule has 10 heteroatoms. The highest BCUT2D eigenvalue weighted by atomic mass is 16.7. The van der Waals surface area contributed by atoms with E-state index in [1.54, 1.807) is 13.0 Å². The van der Waals surface area contributed by atoms with Gasteiger partial charge in [-0.25, -0.2) is 4.79 Å². The Labute approximate surface area is 248 Å². The van der Waals surface area contributed by atoms with E-state index < -0.39 is 76.3 Å². The van der Waals surface area contributed by atoms with Crippen molar-refractivity contribution < 1.29 is 48.7 Å². The van der Waals surface area contributed by atoms with Crippen molar-refractivity contribution in [3.8, 4) is 0 Å². The second-order valence-corrected chi connectivity index (χ2v) is 14.4. The Morgan fingerprint density at radius 2 is 1.86 bits per heavy atom. The van der Waals surface area contributed by atoms with Gasteiger partial charge in [-0.15, -0.1) is 0 Å². The molecule has 5 unspecified atom stereocenters. The number of carbonyl (C=O) groups excluding carboxylic acids is 3. The van der Waals surface area contributed by atoms with Crippen LogP contribution in [-0.4, -0.2) is 82.1 Å². The molecule has 4 fully saturated rings. The zero-order valence-corrected chi connectivity index (χ0v) is 26.1. The Bertz CT molecular complexity index is 1150. The van der Waals surface area contributed by atoms with Crippen molar-refractivity contribution in [3.63, 3.8) is 0 Å². The van der Waals surface area contributed by atoms with Gasteiger partial charge in [-0.2, -0.15) is 0 Å². The number of ether oxygens (including phenoxy) is 4. The molecular weight excluding hydrogens is 544 g/mol. The lowest BCUT2D eigenvalue weighted by molar-refractivity contribution is -0.341. The first-order valence-corrected chi connectivity index (χ1v) is 15.5. The van der Waals surface area contributed by atoms with Crippen LogP contribution in [0, 0.1) is 46.3 Å². The van der Waals surface area contributed by atoms with Crippen LogP contribution in [0.5, 0.6) is 0 Å². The summed E-state index contributed by atoms with van der Waals surface area (Å²) in [7, 11) is 0. The van der Waals surface area contributed by atoms with Gasteiger partial charge in [0.2, 0.25) is 6.10 Å². The summed E-state index contributed by atoms with van der Waals surface area (Å²) in [5.74, 6) is -6.87. The average molecular weight is 593 g/mol. The van der Waals surface area contributed by atoms with Gasteiger partial charge in [0.05, 0.1) is 18.6 Å². The van der Waals surface area contributed by atoms with E-state index >= 15 is 0 Å². The maximum atomic E-state index is 13.7. The summed E-state index contributed by atoms with van der Waals surface area (Å²) in [6.07, 6.45) is -2.12. The number of hydrogen-bond donors (Lipinski definition) is 3. The summed E-state index contributed by atoms with van der Waals surface area (Å²) >= 11 is 0. The Morgan fingerprint density at radius 1 is 1.21 bits per heavy atom. The quantitative estimate of drug-likeness (QED) is 0.359. The van der Waals surface area contributed by atoms with Gasteiger partial charge >= 0.3 is 11.9 Å². The minimum Gasteiger partial charge on any atom is -0.459 e. The molecule has 0 aromatic heterocycles. The monoisotopic (exact) mass is 592 g/mol. The second-order valence-electron chi connectivity index (χ2n) is 14.4. The number of fused-ring (bicyclic) bond motifs is 1. The molecular formula is C32H48O10. The minimum absolute atomic E-state index is 0.0477. The van der Waals surface area contributed by atoms with E-state index in [1.807, 2.05) is 48.5 Å². The van der Waals surface area contributed by atoms with Gasteiger partial charge in [0.25, 0.3) is 0 Å². The summed E-state index contributed by atoms with van der Waals surface area (Å²) in [4.78, 5) is 40.6. The molecule has 2 saturated carbocycles. The van der Waals surface area contributed by atoms with Crippen LogP contribution in [0.25, 0.3) is 0 Å². The van der Waals surface area contributed by atoms with E-state index in [4.69, 9.17) is 18.9 Å². The van der Waals surface area contributed by atoms with Crippen molar-refractivity contribution >= 4 is 17.7 Å². The minimum atomic E-state index is -2.04. The number of carbonyl (C=O) groups is 3. The number of aliphatic hydroxyl groups excluding tert-OH is 1. The molecule has 3 aliphatic carbocycles. The molecule has 3 N–H and O–H groups in total. The normalized spacial score (nSPS) is 44.5. The smallest absolute Gasteiger partial charge is 0.348 e. The molecule has 11 atom stereocenters. The Morgan fingerprint density at radius 3 is 2.45 bits per heavy atom. The van der Waals surface area contributed by atoms with Crippen LogP contribution >= 0.6 is 0 Å². The van der Waals surface area contributed by atoms with Crippen LogP contribution in [-0.2, 0) is 33.3 Å². The van der Waals surface area contributed by atoms with Crippen LogP contribution in [0.2, 0.25) is 0 Å². The van der Waals surface area contributed by atoms with Crippen LogP contribution in [0.3, 0.4) is 0 Å². The number of esters is 2. The van der Waals surface area contributed by atoms with E-state index in [0.29, 0.717) is 19.4 Å². The third-order valence-corrected chi connectivity index (χ3v) is 11.8. The number of aliphatic hydroxyl groups is 3. The lowest BCUT2D eigenvalue weighted by atomic mass is 9.38. The van der Waals surface area contributed by atoms with Crippen LogP contribution < -0.4 is 0 Å². The Hall–Kier alpha value is -1.85. The van der Waals surface area contributed by atoms with Crippen LogP contribution in [0.1, 0.15) is 74.7 Å². The first-order valence-electron chi connectivity index (χ1n) is 15.5. The summed E-state index contributed by atoms with van der Waals surface area (Å²) < 4.78 is 24.4. The highest BCUT2D eigenvalue weighted by Gasteiger charge is 2.83. The molecule has 5 rings (SSSR count). The number of allylic oxidation sites excluding steroid dienone is 1. The number of rotatable bonds is 8. The Kier molecular flexibility index (Phi) is 7.79. The lowest BCUT2D eigenvalue weighted by Crippen LogP contribution is -2.78. The predicted molar refractivity (Wildman–Crippen MR) is 149 cm³/mol. The maximum absolute atomic E-state index is 13.7. The van der Waals surface area contributed by atoms with Gasteiger partial charge in [-0.05, 0) is 49.5 Å². The van der Waals surface area contributed by atoms with Gasteiger partial charge in [-0.3, -0.25) is 9.59 Å². The molecule has 0 aromatic rings. The standard InChI is InChI=1S/C32H48O10/c1-9-10-39-26-20(33)11-17(6)19-12-21-30-14-40-32(38,28(30)29(19,26)8)25(35)18(7)23(30)24(27(36)41-21)42-22(34)13-31(37,15(2)3)16(4)5/h11,15-16,18-19,21,23-26,28,35,37-38H,9-10,12-14H2,1-8H3/t18?,19-,21+,23?,24?,25+,26+,28?,29?,30-,32-/m0/s1. The van der Waals surface area contributed by atoms with Crippen molar-refractivity contribution in [3.05, 3.63) is 11.6 Å². The lowest BCUT2D eigenvalue weighted by Gasteiger charge is -2.68. The highest BCUT2D eigenvalue weighted by Crippen LogP contribution is 2.74. The van der Waals surface area contributed by atoms with Crippen LogP contribution in [0.4, 0.5) is 0 Å². The van der Waals surface area contributed by atoms with E-state index in [1.165, 1.54) is 0 Å². The van der Waals surface area contributed by atoms with Gasteiger partial charge in [0, 0.05) is 29.3 Å². The van der Waals surface area contributed by atoms with E-state index in [0.717, 1.165) is 5.57 Å². The molecule has 0 amide bonds. The first-order chi connectivity index (χ1) is 19.5. The fourth-order valence-electron chi connectivity index (χ4n) is 9.70. The molecule has 0 radical (unpaired) electrons. The molecule has 236 valence electrons. The molecule has 42 heavy (non-hydrogen) atoms. The van der Waals surface area contributed by atoms with Crippen molar-refractivity contribution in [2.24, 2.45) is 46.3 Å². The molecule has 0 aromatic carbocycles. The fourth-order valence-corrected chi connectivity index (χ4v) is 9.70. The highest BCUT2D eigenvalue weighted by molar-refractivity contribution is 5.96. The largest absolute Gasteiger partial charge is 0.459 e. The summed E-state index contributed by atoms with van der Waals surface area (Å²) in [6.45, 7) is 15.0. The van der Waals surface area contributed by atoms with Gasteiger partial charge in [0.1, 0.15) is 18.3 Å². The molecule has 2 saturated heterocycles.